The minimum atomic E-state index is 0.164. The summed E-state index contributed by atoms with van der Waals surface area (Å²) in [7, 11) is 0. The molecule has 3 N–H and O–H groups in total. The van der Waals surface area contributed by atoms with Crippen LogP contribution in [-0.2, 0) is 0 Å². The van der Waals surface area contributed by atoms with Crippen LogP contribution in [0.2, 0.25) is 0 Å². The van der Waals surface area contributed by atoms with E-state index < -0.39 is 0 Å². The fourth-order valence-electron chi connectivity index (χ4n) is 3.95. The molecule has 0 atom stereocenters. The highest BCUT2D eigenvalue weighted by Crippen LogP contribution is 2.41. The number of nitrogens with zero attached hydrogens (tertiary/aromatic N) is 1. The molecule has 5 heteroatoms. The number of rotatable bonds is 5. The van der Waals surface area contributed by atoms with Crippen LogP contribution in [0.4, 0.5) is 17.1 Å². The molecule has 0 unspecified atom stereocenters. The maximum Gasteiger partial charge on any atom is 0.133 e. The molecule has 0 aliphatic rings. The topological polar surface area (TPSA) is 73.2 Å². The first-order valence-electron chi connectivity index (χ1n) is 10.7. The second-order valence-electron chi connectivity index (χ2n) is 8.28. The first kappa shape index (κ1) is 22.1. The minimum absolute atomic E-state index is 0.164. The molecule has 0 aliphatic heterocycles. The van der Waals surface area contributed by atoms with Crippen LogP contribution in [-0.4, -0.2) is 15.3 Å². The standard InChI is InChI=1S/C28H27NO4/c1-17-5-9-22(30)15-26(17)29(27-16-23(31)10-6-18(27)2)21-7-11-25(12-8-21)33-28-19(3)13-24(32)14-20(28)4/h5-16,30-32H,1-4H3. The lowest BCUT2D eigenvalue weighted by Gasteiger charge is -2.28. The van der Waals surface area contributed by atoms with Crippen LogP contribution >= 0.6 is 0 Å². The lowest BCUT2D eigenvalue weighted by atomic mass is 10.1. The van der Waals surface area contributed by atoms with E-state index in [4.69, 9.17) is 4.74 Å². The van der Waals surface area contributed by atoms with Gasteiger partial charge in [0.15, 0.2) is 0 Å². The van der Waals surface area contributed by atoms with Crippen molar-refractivity contribution in [1.82, 2.24) is 0 Å². The van der Waals surface area contributed by atoms with Crippen molar-refractivity contribution in [2.75, 3.05) is 4.90 Å². The van der Waals surface area contributed by atoms with Gasteiger partial charge in [-0.1, -0.05) is 12.1 Å². The van der Waals surface area contributed by atoms with E-state index in [1.54, 1.807) is 36.4 Å². The highest BCUT2D eigenvalue weighted by Gasteiger charge is 2.18. The first-order valence-corrected chi connectivity index (χ1v) is 10.7. The van der Waals surface area contributed by atoms with Crippen molar-refractivity contribution in [3.8, 4) is 28.7 Å². The van der Waals surface area contributed by atoms with E-state index in [0.29, 0.717) is 11.5 Å². The smallest absolute Gasteiger partial charge is 0.133 e. The van der Waals surface area contributed by atoms with Crippen LogP contribution in [0.25, 0.3) is 0 Å². The van der Waals surface area contributed by atoms with E-state index in [0.717, 1.165) is 39.3 Å². The summed E-state index contributed by atoms with van der Waals surface area (Å²) < 4.78 is 6.12. The van der Waals surface area contributed by atoms with Crippen LogP contribution in [0.3, 0.4) is 0 Å². The van der Waals surface area contributed by atoms with Gasteiger partial charge in [0.25, 0.3) is 0 Å². The molecule has 0 radical (unpaired) electrons. The second-order valence-corrected chi connectivity index (χ2v) is 8.28. The van der Waals surface area contributed by atoms with Crippen LogP contribution < -0.4 is 9.64 Å². The van der Waals surface area contributed by atoms with Crippen molar-refractivity contribution in [3.63, 3.8) is 0 Å². The Labute approximate surface area is 193 Å². The van der Waals surface area contributed by atoms with E-state index >= 15 is 0 Å². The van der Waals surface area contributed by atoms with E-state index in [1.807, 2.05) is 69.0 Å². The lowest BCUT2D eigenvalue weighted by Crippen LogP contribution is -2.12. The SMILES string of the molecule is Cc1ccc(O)cc1N(c1ccc(Oc2c(C)cc(O)cc2C)cc1)c1cc(O)ccc1C. The number of benzene rings is 4. The quantitative estimate of drug-likeness (QED) is 0.303. The molecule has 0 bridgehead atoms. The number of aromatic hydroxyl groups is 3. The first-order chi connectivity index (χ1) is 15.7. The molecular formula is C28H27NO4. The Hall–Kier alpha value is -4.12. The van der Waals surface area contributed by atoms with Gasteiger partial charge < -0.3 is 25.0 Å². The highest BCUT2D eigenvalue weighted by molar-refractivity contribution is 5.81. The molecule has 168 valence electrons. The molecular weight excluding hydrogens is 414 g/mol. The van der Waals surface area contributed by atoms with E-state index in [-0.39, 0.29) is 17.2 Å². The van der Waals surface area contributed by atoms with Crippen LogP contribution in [0.5, 0.6) is 28.7 Å². The summed E-state index contributed by atoms with van der Waals surface area (Å²) in [5.74, 6) is 1.92. The van der Waals surface area contributed by atoms with Crippen molar-refractivity contribution < 1.29 is 20.1 Å². The van der Waals surface area contributed by atoms with Gasteiger partial charge in [-0.2, -0.15) is 0 Å². The summed E-state index contributed by atoms with van der Waals surface area (Å²) in [5.41, 5.74) is 6.12. The van der Waals surface area contributed by atoms with Crippen LogP contribution in [0.15, 0.2) is 72.8 Å². The number of aryl methyl sites for hydroxylation is 4. The van der Waals surface area contributed by atoms with Gasteiger partial charge in [-0.15, -0.1) is 0 Å². The Morgan fingerprint density at radius 3 is 1.52 bits per heavy atom. The number of anilines is 3. The molecule has 33 heavy (non-hydrogen) atoms. The third-order valence-electron chi connectivity index (χ3n) is 5.63. The Bertz CT molecular complexity index is 1240. The molecule has 5 nitrogen and oxygen atoms in total. The Kier molecular flexibility index (Phi) is 5.88. The van der Waals surface area contributed by atoms with Gasteiger partial charge in [-0.05, 0) is 98.5 Å². The van der Waals surface area contributed by atoms with E-state index in [1.165, 1.54) is 0 Å². The Morgan fingerprint density at radius 2 is 1.03 bits per heavy atom. The molecule has 0 heterocycles. The van der Waals surface area contributed by atoms with E-state index in [9.17, 15) is 15.3 Å². The predicted octanol–water partition coefficient (Wildman–Crippen LogP) is 7.30. The van der Waals surface area contributed by atoms with Crippen molar-refractivity contribution in [2.45, 2.75) is 27.7 Å². The monoisotopic (exact) mass is 441 g/mol. The maximum atomic E-state index is 10.2. The zero-order valence-corrected chi connectivity index (χ0v) is 19.1. The predicted molar refractivity (Wildman–Crippen MR) is 132 cm³/mol. The van der Waals surface area contributed by atoms with Gasteiger partial charge in [0.05, 0.1) is 11.4 Å². The Balaban J connectivity index is 1.77. The number of ether oxygens (including phenoxy) is 1. The molecule has 0 amide bonds. The molecule has 4 aromatic rings. The fourth-order valence-corrected chi connectivity index (χ4v) is 3.95. The van der Waals surface area contributed by atoms with Crippen molar-refractivity contribution in [3.05, 3.63) is 95.1 Å². The second kappa shape index (κ2) is 8.79. The number of hydrogen-bond acceptors (Lipinski definition) is 5. The summed E-state index contributed by atoms with van der Waals surface area (Å²) in [5, 5.41) is 30.1. The molecule has 0 saturated carbocycles. The van der Waals surface area contributed by atoms with Gasteiger partial charge in [0.2, 0.25) is 0 Å². The molecule has 4 rings (SSSR count). The maximum absolute atomic E-state index is 10.2. The summed E-state index contributed by atoms with van der Waals surface area (Å²) in [6.07, 6.45) is 0. The number of hydrogen-bond donors (Lipinski definition) is 3. The molecule has 0 spiro atoms. The number of phenolic OH excluding ortho intramolecular Hbond substituents is 3. The molecule has 0 aliphatic carbocycles. The minimum Gasteiger partial charge on any atom is -0.508 e. The van der Waals surface area contributed by atoms with Crippen molar-refractivity contribution in [2.24, 2.45) is 0 Å². The lowest BCUT2D eigenvalue weighted by molar-refractivity contribution is 0.458. The summed E-state index contributed by atoms with van der Waals surface area (Å²) in [6.45, 7) is 7.75. The Morgan fingerprint density at radius 1 is 0.545 bits per heavy atom. The summed E-state index contributed by atoms with van der Waals surface area (Å²) in [6, 6.07) is 21.5. The number of phenols is 3. The molecule has 0 saturated heterocycles. The van der Waals surface area contributed by atoms with Crippen LogP contribution in [0, 0.1) is 27.7 Å². The molecule has 4 aromatic carbocycles. The zero-order valence-electron chi connectivity index (χ0n) is 19.1. The van der Waals surface area contributed by atoms with Crippen LogP contribution in [0.1, 0.15) is 22.3 Å². The van der Waals surface area contributed by atoms with Gasteiger partial charge in [0, 0.05) is 17.8 Å². The van der Waals surface area contributed by atoms with Gasteiger partial charge in [-0.25, -0.2) is 0 Å². The van der Waals surface area contributed by atoms with Gasteiger partial charge >= 0.3 is 0 Å². The molecule has 0 fully saturated rings. The summed E-state index contributed by atoms with van der Waals surface area (Å²) >= 11 is 0. The van der Waals surface area contributed by atoms with Gasteiger partial charge in [0.1, 0.15) is 28.7 Å². The highest BCUT2D eigenvalue weighted by atomic mass is 16.5. The normalized spacial score (nSPS) is 10.8. The van der Waals surface area contributed by atoms with E-state index in [2.05, 4.69) is 0 Å². The largest absolute Gasteiger partial charge is 0.508 e. The van der Waals surface area contributed by atoms with Gasteiger partial charge in [-0.3, -0.25) is 0 Å². The third-order valence-corrected chi connectivity index (χ3v) is 5.63. The summed E-state index contributed by atoms with van der Waals surface area (Å²) in [4.78, 5) is 2.00. The zero-order chi connectivity index (χ0) is 23.7. The third kappa shape index (κ3) is 4.58. The average molecular weight is 442 g/mol. The molecule has 0 aromatic heterocycles. The van der Waals surface area contributed by atoms with Crippen molar-refractivity contribution in [1.29, 1.82) is 0 Å². The fraction of sp³-hybridized carbons (Fsp3) is 0.143. The average Bonchev–Trinajstić information content (AvgIpc) is 2.76. The van der Waals surface area contributed by atoms with Crippen molar-refractivity contribution >= 4 is 17.1 Å².